The van der Waals surface area contributed by atoms with Crippen molar-refractivity contribution in [2.75, 3.05) is 33.0 Å². The van der Waals surface area contributed by atoms with Gasteiger partial charge in [-0.15, -0.1) is 0 Å². The Morgan fingerprint density at radius 2 is 1.45 bits per heavy atom. The van der Waals surface area contributed by atoms with Crippen LogP contribution in [-0.4, -0.2) is 38.0 Å². The van der Waals surface area contributed by atoms with Crippen molar-refractivity contribution in [3.63, 3.8) is 0 Å². The molecule has 0 radical (unpaired) electrons. The molecule has 0 saturated carbocycles. The first-order valence-corrected chi connectivity index (χ1v) is 14.7. The van der Waals surface area contributed by atoms with Crippen LogP contribution in [0.1, 0.15) is 101 Å². The number of aromatic nitrogens is 1. The van der Waals surface area contributed by atoms with Crippen LogP contribution in [0.25, 0.3) is 5.76 Å². The molecule has 0 fully saturated rings. The Labute approximate surface area is 229 Å². The van der Waals surface area contributed by atoms with Gasteiger partial charge in [0.15, 0.2) is 5.76 Å². The molecule has 0 N–H and O–H groups in total. The molecule has 1 aromatic heterocycles. The predicted octanol–water partition coefficient (Wildman–Crippen LogP) is 8.02. The van der Waals surface area contributed by atoms with E-state index in [1.165, 1.54) is 37.7 Å². The minimum Gasteiger partial charge on any atom is -0.478 e. The molecule has 0 spiro atoms. The van der Waals surface area contributed by atoms with Crippen LogP contribution in [0.2, 0.25) is 0 Å². The van der Waals surface area contributed by atoms with Gasteiger partial charge in [-0.1, -0.05) is 63.8 Å². The van der Waals surface area contributed by atoms with Gasteiger partial charge in [0.25, 0.3) is 6.29 Å². The van der Waals surface area contributed by atoms with Gasteiger partial charge in [0.1, 0.15) is 6.26 Å². The van der Waals surface area contributed by atoms with Crippen LogP contribution in [0.4, 0.5) is 0 Å². The number of unbranched alkanes of at least 4 members (excludes halogenated alkanes) is 6. The summed E-state index contributed by atoms with van der Waals surface area (Å²) in [5, 5.41) is 0. The number of benzene rings is 1. The molecule has 6 heteroatoms. The lowest BCUT2D eigenvalue weighted by Crippen LogP contribution is -2.05. The van der Waals surface area contributed by atoms with Crippen LogP contribution in [0, 0.1) is 0 Å². The van der Waals surface area contributed by atoms with E-state index in [0.717, 1.165) is 76.1 Å². The fourth-order valence-corrected chi connectivity index (χ4v) is 4.25. The number of hydrogen-bond acceptors (Lipinski definition) is 6. The molecule has 2 aromatic rings. The maximum absolute atomic E-state index is 6.18. The molecule has 1 unspecified atom stereocenters. The molecule has 1 aromatic carbocycles. The number of nitrogens with zero attached hydrogens (tertiary/aromatic N) is 1. The summed E-state index contributed by atoms with van der Waals surface area (Å²) in [6.45, 7) is 8.39. The zero-order valence-electron chi connectivity index (χ0n) is 23.5. The van der Waals surface area contributed by atoms with E-state index in [0.29, 0.717) is 18.2 Å². The van der Waals surface area contributed by atoms with E-state index in [1.54, 1.807) is 12.5 Å². The molecule has 1 atom stereocenters. The SMILES string of the molecule is CCCCCCOCCCCc1ccccc1C1OC=C(c2ccc(OCCCCOCCCC)nc2)O1. The lowest BCUT2D eigenvalue weighted by atomic mass is 10.0. The fourth-order valence-electron chi connectivity index (χ4n) is 4.25. The molecule has 0 amide bonds. The Balaban J connectivity index is 1.36. The molecular formula is C32H47NO5. The zero-order valence-corrected chi connectivity index (χ0v) is 23.5. The van der Waals surface area contributed by atoms with Crippen molar-refractivity contribution in [2.45, 2.75) is 90.8 Å². The predicted molar refractivity (Wildman–Crippen MR) is 152 cm³/mol. The molecule has 1 aliphatic rings. The summed E-state index contributed by atoms with van der Waals surface area (Å²) in [7, 11) is 0. The largest absolute Gasteiger partial charge is 0.478 e. The number of rotatable bonds is 21. The fraction of sp³-hybridized carbons (Fsp3) is 0.594. The summed E-state index contributed by atoms with van der Waals surface area (Å²) in [4.78, 5) is 4.44. The molecule has 6 nitrogen and oxygen atoms in total. The van der Waals surface area contributed by atoms with Crippen molar-refractivity contribution in [1.82, 2.24) is 4.98 Å². The van der Waals surface area contributed by atoms with Gasteiger partial charge in [0.2, 0.25) is 5.88 Å². The van der Waals surface area contributed by atoms with Crippen LogP contribution < -0.4 is 4.74 Å². The zero-order chi connectivity index (χ0) is 26.7. The highest BCUT2D eigenvalue weighted by Gasteiger charge is 2.25. The molecule has 0 saturated heterocycles. The van der Waals surface area contributed by atoms with Crippen molar-refractivity contribution >= 4 is 5.76 Å². The smallest absolute Gasteiger partial charge is 0.267 e. The minimum absolute atomic E-state index is 0.438. The molecule has 0 bridgehead atoms. The highest BCUT2D eigenvalue weighted by atomic mass is 16.7. The highest BCUT2D eigenvalue weighted by Crippen LogP contribution is 2.35. The Morgan fingerprint density at radius 1 is 0.737 bits per heavy atom. The Morgan fingerprint density at radius 3 is 2.21 bits per heavy atom. The molecular weight excluding hydrogens is 478 g/mol. The van der Waals surface area contributed by atoms with E-state index in [2.05, 4.69) is 37.0 Å². The van der Waals surface area contributed by atoms with Gasteiger partial charge < -0.3 is 23.7 Å². The summed E-state index contributed by atoms with van der Waals surface area (Å²) in [6.07, 6.45) is 15.4. The molecule has 2 heterocycles. The Bertz CT molecular complexity index is 914. The van der Waals surface area contributed by atoms with E-state index >= 15 is 0 Å². The maximum Gasteiger partial charge on any atom is 0.267 e. The van der Waals surface area contributed by atoms with Gasteiger partial charge in [-0.25, -0.2) is 4.98 Å². The van der Waals surface area contributed by atoms with Gasteiger partial charge >= 0.3 is 0 Å². The quantitative estimate of drug-likeness (QED) is 0.154. The first kappa shape index (κ1) is 30.0. The lowest BCUT2D eigenvalue weighted by Gasteiger charge is -2.16. The second kappa shape index (κ2) is 18.6. The first-order chi connectivity index (χ1) is 18.8. The second-order valence-electron chi connectivity index (χ2n) is 9.80. The van der Waals surface area contributed by atoms with Crippen LogP contribution in [-0.2, 0) is 25.4 Å². The minimum atomic E-state index is -0.438. The average molecular weight is 526 g/mol. The molecule has 3 rings (SSSR count). The number of ether oxygens (including phenoxy) is 5. The van der Waals surface area contributed by atoms with Crippen LogP contribution in [0.3, 0.4) is 0 Å². The average Bonchev–Trinajstić information content (AvgIpc) is 3.44. The Kier molecular flexibility index (Phi) is 14.7. The Hall–Kier alpha value is -2.57. The maximum atomic E-state index is 6.18. The van der Waals surface area contributed by atoms with Gasteiger partial charge in [0, 0.05) is 49.8 Å². The monoisotopic (exact) mass is 525 g/mol. The topological polar surface area (TPSA) is 59.0 Å². The summed E-state index contributed by atoms with van der Waals surface area (Å²) in [6, 6.07) is 12.2. The van der Waals surface area contributed by atoms with E-state index in [4.69, 9.17) is 23.7 Å². The summed E-state index contributed by atoms with van der Waals surface area (Å²) in [5.74, 6) is 1.30. The molecule has 210 valence electrons. The molecule has 38 heavy (non-hydrogen) atoms. The van der Waals surface area contributed by atoms with Crippen LogP contribution in [0.5, 0.6) is 5.88 Å². The van der Waals surface area contributed by atoms with Crippen molar-refractivity contribution in [3.8, 4) is 5.88 Å². The molecule has 0 aliphatic carbocycles. The van der Waals surface area contributed by atoms with E-state index in [9.17, 15) is 0 Å². The van der Waals surface area contributed by atoms with E-state index in [-0.39, 0.29) is 0 Å². The van der Waals surface area contributed by atoms with Crippen molar-refractivity contribution < 1.29 is 23.7 Å². The number of pyridine rings is 1. The van der Waals surface area contributed by atoms with Gasteiger partial charge in [-0.2, -0.15) is 0 Å². The molecule has 1 aliphatic heterocycles. The van der Waals surface area contributed by atoms with E-state index in [1.807, 2.05) is 18.2 Å². The van der Waals surface area contributed by atoms with Crippen molar-refractivity contribution in [3.05, 3.63) is 65.5 Å². The third-order valence-corrected chi connectivity index (χ3v) is 6.56. The second-order valence-corrected chi connectivity index (χ2v) is 9.80. The standard InChI is InChI=1S/C32H47NO5/c1-3-5-7-11-21-35-22-12-10-16-27-15-8-9-17-29(27)32-37-26-30(38-32)28-18-19-31(33-25-28)36-24-14-13-23-34-20-6-4-2/h8-9,15,17-19,25-26,32H,3-7,10-14,16,20-24H2,1-2H3. The van der Waals surface area contributed by atoms with Crippen molar-refractivity contribution in [2.24, 2.45) is 0 Å². The normalized spacial score (nSPS) is 14.7. The highest BCUT2D eigenvalue weighted by molar-refractivity contribution is 5.59. The van der Waals surface area contributed by atoms with Gasteiger partial charge in [0.05, 0.1) is 6.61 Å². The number of hydrogen-bond donors (Lipinski definition) is 0. The third kappa shape index (κ3) is 11.0. The van der Waals surface area contributed by atoms with Crippen molar-refractivity contribution in [1.29, 1.82) is 0 Å². The van der Waals surface area contributed by atoms with Gasteiger partial charge in [-0.05, 0) is 56.6 Å². The first-order valence-electron chi connectivity index (χ1n) is 14.7. The van der Waals surface area contributed by atoms with E-state index < -0.39 is 6.29 Å². The summed E-state index contributed by atoms with van der Waals surface area (Å²) < 4.78 is 29.2. The lowest BCUT2D eigenvalue weighted by molar-refractivity contribution is -0.0177. The van der Waals surface area contributed by atoms with Crippen LogP contribution in [0.15, 0.2) is 48.9 Å². The summed E-state index contributed by atoms with van der Waals surface area (Å²) in [5.41, 5.74) is 3.20. The summed E-state index contributed by atoms with van der Waals surface area (Å²) >= 11 is 0. The van der Waals surface area contributed by atoms with Crippen LogP contribution >= 0.6 is 0 Å². The third-order valence-electron chi connectivity index (χ3n) is 6.56. The number of aryl methyl sites for hydroxylation is 1. The van der Waals surface area contributed by atoms with Gasteiger partial charge in [-0.3, -0.25) is 0 Å².